The summed E-state index contributed by atoms with van der Waals surface area (Å²) < 4.78 is 43.8. The van der Waals surface area contributed by atoms with Crippen LogP contribution in [0.1, 0.15) is 25.7 Å². The van der Waals surface area contributed by atoms with E-state index in [0.717, 1.165) is 25.7 Å². The van der Waals surface area contributed by atoms with Gasteiger partial charge in [-0.05, 0) is 25.7 Å². The molecule has 0 saturated heterocycles. The molecule has 0 amide bonds. The Morgan fingerprint density at radius 3 is 2.53 bits per heavy atom. The Kier molecular flexibility index (Phi) is 2.84. The van der Waals surface area contributed by atoms with E-state index in [0.29, 0.717) is 6.07 Å². The summed E-state index contributed by atoms with van der Waals surface area (Å²) in [5.74, 6) is -3.79. The summed E-state index contributed by atoms with van der Waals surface area (Å²) in [4.78, 5) is 0. The van der Waals surface area contributed by atoms with Crippen LogP contribution in [0.5, 0.6) is 5.75 Å². The number of hydrogen-bond acceptors (Lipinski definition) is 1. The van der Waals surface area contributed by atoms with Crippen molar-refractivity contribution in [3.63, 3.8) is 0 Å². The van der Waals surface area contributed by atoms with Gasteiger partial charge in [-0.25, -0.2) is 8.78 Å². The van der Waals surface area contributed by atoms with Crippen LogP contribution in [0.2, 0.25) is 0 Å². The van der Waals surface area contributed by atoms with Crippen LogP contribution in [0, 0.1) is 23.5 Å². The van der Waals surface area contributed by atoms with Crippen molar-refractivity contribution in [2.24, 2.45) is 0 Å². The molecule has 0 N–H and O–H groups in total. The lowest BCUT2D eigenvalue weighted by atomic mass is 10.3. The van der Waals surface area contributed by atoms with E-state index in [4.69, 9.17) is 4.74 Å². The van der Waals surface area contributed by atoms with E-state index in [1.165, 1.54) is 0 Å². The van der Waals surface area contributed by atoms with Gasteiger partial charge in [-0.3, -0.25) is 0 Å². The van der Waals surface area contributed by atoms with E-state index in [2.05, 4.69) is 0 Å². The molecule has 1 aliphatic rings. The maximum Gasteiger partial charge on any atom is 0.201 e. The minimum atomic E-state index is -1.24. The molecule has 81 valence electrons. The van der Waals surface area contributed by atoms with Crippen molar-refractivity contribution >= 4 is 0 Å². The van der Waals surface area contributed by atoms with E-state index < -0.39 is 23.2 Å². The number of rotatable bonds is 2. The minimum Gasteiger partial charge on any atom is -0.486 e. The van der Waals surface area contributed by atoms with Gasteiger partial charge in [0.2, 0.25) is 5.82 Å². The average molecular weight is 215 g/mol. The fourth-order valence-corrected chi connectivity index (χ4v) is 1.74. The van der Waals surface area contributed by atoms with Crippen LogP contribution in [0.25, 0.3) is 0 Å². The lowest BCUT2D eigenvalue weighted by molar-refractivity contribution is 0.196. The Bertz CT molecular complexity index is 359. The Hall–Kier alpha value is -1.19. The summed E-state index contributed by atoms with van der Waals surface area (Å²) in [5.41, 5.74) is 0. The average Bonchev–Trinajstić information content (AvgIpc) is 2.66. The molecule has 15 heavy (non-hydrogen) atoms. The van der Waals surface area contributed by atoms with Crippen LogP contribution < -0.4 is 4.74 Å². The maximum atomic E-state index is 13.1. The molecule has 1 fully saturated rings. The highest BCUT2D eigenvalue weighted by Gasteiger charge is 2.20. The van der Waals surface area contributed by atoms with Crippen molar-refractivity contribution < 1.29 is 17.9 Å². The highest BCUT2D eigenvalue weighted by Crippen LogP contribution is 2.27. The topological polar surface area (TPSA) is 9.23 Å². The number of ether oxygens (including phenoxy) is 1. The van der Waals surface area contributed by atoms with Crippen LogP contribution in [0.4, 0.5) is 13.2 Å². The predicted molar refractivity (Wildman–Crippen MR) is 48.0 cm³/mol. The second-order valence-electron chi connectivity index (χ2n) is 3.63. The van der Waals surface area contributed by atoms with Gasteiger partial charge in [0.25, 0.3) is 0 Å². The zero-order valence-electron chi connectivity index (χ0n) is 8.03. The Morgan fingerprint density at radius 1 is 1.20 bits per heavy atom. The third-order valence-corrected chi connectivity index (χ3v) is 2.48. The van der Waals surface area contributed by atoms with Crippen molar-refractivity contribution in [1.82, 2.24) is 0 Å². The van der Waals surface area contributed by atoms with Crippen molar-refractivity contribution in [2.75, 3.05) is 0 Å². The lowest BCUT2D eigenvalue weighted by Crippen LogP contribution is -2.12. The fourth-order valence-electron chi connectivity index (χ4n) is 1.74. The molecule has 0 atom stereocenters. The minimum absolute atomic E-state index is 0.142. The fraction of sp³-hybridized carbons (Fsp3) is 0.455. The monoisotopic (exact) mass is 215 g/mol. The Labute approximate surface area is 85.9 Å². The van der Waals surface area contributed by atoms with Gasteiger partial charge in [-0.2, -0.15) is 4.39 Å². The highest BCUT2D eigenvalue weighted by molar-refractivity contribution is 5.25. The molecule has 1 nitrogen and oxygen atoms in total. The van der Waals surface area contributed by atoms with Gasteiger partial charge in [-0.15, -0.1) is 0 Å². The van der Waals surface area contributed by atoms with E-state index in [1.54, 1.807) is 0 Å². The number of benzene rings is 1. The Morgan fingerprint density at radius 2 is 1.87 bits per heavy atom. The summed E-state index contributed by atoms with van der Waals surface area (Å²) in [5, 5.41) is 0. The summed E-state index contributed by atoms with van der Waals surface area (Å²) >= 11 is 0. The standard InChI is InChI=1S/C11H10F3O/c12-7-5-9(13)11(14)10(6-7)15-8-3-1-2-4-8/h5,8H,1-4H2. The molecule has 1 aliphatic carbocycles. The summed E-state index contributed by atoms with van der Waals surface area (Å²) in [7, 11) is 0. The highest BCUT2D eigenvalue weighted by atomic mass is 19.2. The third kappa shape index (κ3) is 2.25. The van der Waals surface area contributed by atoms with E-state index in [9.17, 15) is 13.2 Å². The predicted octanol–water partition coefficient (Wildman–Crippen LogP) is 3.23. The molecule has 2 rings (SSSR count). The van der Waals surface area contributed by atoms with Crippen molar-refractivity contribution in [3.8, 4) is 5.75 Å². The molecular weight excluding hydrogens is 205 g/mol. The van der Waals surface area contributed by atoms with Gasteiger partial charge in [0.15, 0.2) is 11.6 Å². The van der Waals surface area contributed by atoms with Crippen molar-refractivity contribution in [1.29, 1.82) is 0 Å². The summed E-state index contributed by atoms with van der Waals surface area (Å²) in [6.07, 6.45) is 3.46. The van der Waals surface area contributed by atoms with Gasteiger partial charge < -0.3 is 4.74 Å². The molecule has 0 spiro atoms. The molecular formula is C11H10F3O. The van der Waals surface area contributed by atoms with Gasteiger partial charge in [-0.1, -0.05) is 0 Å². The zero-order valence-corrected chi connectivity index (χ0v) is 8.03. The zero-order chi connectivity index (χ0) is 10.8. The summed E-state index contributed by atoms with van der Waals surface area (Å²) in [6.45, 7) is 0. The van der Waals surface area contributed by atoms with Crippen LogP contribution in [0.15, 0.2) is 6.07 Å². The first kappa shape index (κ1) is 10.3. The van der Waals surface area contributed by atoms with Crippen LogP contribution in [-0.4, -0.2) is 6.10 Å². The largest absolute Gasteiger partial charge is 0.486 e. The van der Waals surface area contributed by atoms with Crippen LogP contribution >= 0.6 is 0 Å². The SMILES string of the molecule is Fc1[c]c(OC2CCCC2)c(F)c(F)c1. The number of halogens is 3. The molecule has 0 aliphatic heterocycles. The molecule has 1 radical (unpaired) electrons. The van der Waals surface area contributed by atoms with Crippen molar-refractivity contribution in [2.45, 2.75) is 31.8 Å². The first-order valence-electron chi connectivity index (χ1n) is 4.90. The molecule has 0 bridgehead atoms. The van der Waals surface area contributed by atoms with E-state index in [1.807, 2.05) is 6.07 Å². The van der Waals surface area contributed by atoms with Gasteiger partial charge >= 0.3 is 0 Å². The quantitative estimate of drug-likeness (QED) is 0.688. The van der Waals surface area contributed by atoms with E-state index >= 15 is 0 Å². The first-order chi connectivity index (χ1) is 7.16. The molecule has 1 saturated carbocycles. The van der Waals surface area contributed by atoms with Gasteiger partial charge in [0, 0.05) is 6.07 Å². The Balaban J connectivity index is 2.19. The smallest absolute Gasteiger partial charge is 0.201 e. The maximum absolute atomic E-state index is 13.1. The molecule has 0 heterocycles. The number of hydrogen-bond donors (Lipinski definition) is 0. The molecule has 0 unspecified atom stereocenters. The van der Waals surface area contributed by atoms with Crippen molar-refractivity contribution in [3.05, 3.63) is 29.6 Å². The van der Waals surface area contributed by atoms with Gasteiger partial charge in [0.1, 0.15) is 5.82 Å². The normalized spacial score (nSPS) is 17.0. The van der Waals surface area contributed by atoms with Gasteiger partial charge in [0.05, 0.1) is 12.2 Å². The second kappa shape index (κ2) is 4.13. The lowest BCUT2D eigenvalue weighted by Gasteiger charge is -2.13. The van der Waals surface area contributed by atoms with Crippen LogP contribution in [-0.2, 0) is 0 Å². The molecule has 0 aromatic heterocycles. The third-order valence-electron chi connectivity index (χ3n) is 2.48. The summed E-state index contributed by atoms with van der Waals surface area (Å²) in [6, 6.07) is 2.49. The molecule has 1 aromatic rings. The van der Waals surface area contributed by atoms with E-state index in [-0.39, 0.29) is 6.10 Å². The second-order valence-corrected chi connectivity index (χ2v) is 3.63. The van der Waals surface area contributed by atoms with Crippen LogP contribution in [0.3, 0.4) is 0 Å². The molecule has 1 aromatic carbocycles. The first-order valence-corrected chi connectivity index (χ1v) is 4.90. The molecule has 4 heteroatoms.